The van der Waals surface area contributed by atoms with Gasteiger partial charge in [-0.15, -0.1) is 12.4 Å². The minimum atomic E-state index is 0. The highest BCUT2D eigenvalue weighted by Crippen LogP contribution is 2.27. The molecule has 0 spiro atoms. The Bertz CT molecular complexity index is 246. The molecule has 1 aliphatic heterocycles. The van der Waals surface area contributed by atoms with Gasteiger partial charge in [0.1, 0.15) is 0 Å². The van der Waals surface area contributed by atoms with Gasteiger partial charge in [0.05, 0.1) is 0 Å². The number of carbonyl (C=O) groups is 1. The van der Waals surface area contributed by atoms with Crippen LogP contribution in [0.25, 0.3) is 0 Å². The quantitative estimate of drug-likeness (QED) is 0.830. The third-order valence-corrected chi connectivity index (χ3v) is 4.41. The van der Waals surface area contributed by atoms with E-state index in [4.69, 9.17) is 0 Å². The first-order valence-corrected chi connectivity index (χ1v) is 7.24. The number of hydrogen-bond donors (Lipinski definition) is 2. The summed E-state index contributed by atoms with van der Waals surface area (Å²) in [6.45, 7) is 5.25. The van der Waals surface area contributed by atoms with Gasteiger partial charge in [0.25, 0.3) is 0 Å². The fraction of sp³-hybridized carbons (Fsp3) is 0.929. The lowest BCUT2D eigenvalue weighted by atomic mass is 9.83. The topological polar surface area (TPSA) is 41.1 Å². The highest BCUT2D eigenvalue weighted by atomic mass is 35.5. The summed E-state index contributed by atoms with van der Waals surface area (Å²) in [4.78, 5) is 12.0. The van der Waals surface area contributed by atoms with Crippen LogP contribution in [0.5, 0.6) is 0 Å². The van der Waals surface area contributed by atoms with E-state index in [2.05, 4.69) is 17.6 Å². The number of piperidine rings is 1. The van der Waals surface area contributed by atoms with Gasteiger partial charge in [-0.05, 0) is 50.6 Å². The van der Waals surface area contributed by atoms with E-state index < -0.39 is 0 Å². The second kappa shape index (κ2) is 8.00. The lowest BCUT2D eigenvalue weighted by Gasteiger charge is -2.27. The molecule has 0 atom stereocenters. The Hall–Kier alpha value is -0.280. The van der Waals surface area contributed by atoms with Crippen LogP contribution in [-0.4, -0.2) is 25.5 Å². The highest BCUT2D eigenvalue weighted by Gasteiger charge is 2.23. The summed E-state index contributed by atoms with van der Waals surface area (Å²) in [5, 5.41) is 6.47. The fourth-order valence-electron chi connectivity index (χ4n) is 3.01. The van der Waals surface area contributed by atoms with Crippen molar-refractivity contribution in [2.75, 3.05) is 19.6 Å². The molecule has 2 N–H and O–H groups in total. The van der Waals surface area contributed by atoms with E-state index in [-0.39, 0.29) is 18.3 Å². The molecule has 4 heteroatoms. The molecule has 0 aromatic heterocycles. The van der Waals surface area contributed by atoms with Crippen molar-refractivity contribution in [3.63, 3.8) is 0 Å². The third kappa shape index (κ3) is 4.77. The molecule has 2 aliphatic rings. The van der Waals surface area contributed by atoms with E-state index in [1.807, 2.05) is 0 Å². The molecule has 1 aliphatic carbocycles. The molecule has 0 aromatic rings. The normalized spacial score (nSPS) is 29.4. The maximum absolute atomic E-state index is 12.0. The molecule has 1 saturated carbocycles. The minimum absolute atomic E-state index is 0. The first kappa shape index (κ1) is 15.8. The van der Waals surface area contributed by atoms with E-state index >= 15 is 0 Å². The number of nitrogens with one attached hydrogen (secondary N) is 2. The van der Waals surface area contributed by atoms with Gasteiger partial charge in [-0.1, -0.05) is 19.8 Å². The average Bonchev–Trinajstić information content (AvgIpc) is 2.39. The molecule has 1 saturated heterocycles. The SMILES string of the molecule is CC1CCC(CNC(=O)C2CCNCC2)CC1.Cl. The molecule has 1 heterocycles. The smallest absolute Gasteiger partial charge is 0.223 e. The van der Waals surface area contributed by atoms with Gasteiger partial charge in [-0.3, -0.25) is 4.79 Å². The Balaban J connectivity index is 0.00000162. The second-order valence-corrected chi connectivity index (χ2v) is 5.90. The summed E-state index contributed by atoms with van der Waals surface area (Å²) in [6, 6.07) is 0. The minimum Gasteiger partial charge on any atom is -0.356 e. The van der Waals surface area contributed by atoms with Crippen molar-refractivity contribution in [3.8, 4) is 0 Å². The summed E-state index contributed by atoms with van der Waals surface area (Å²) >= 11 is 0. The van der Waals surface area contributed by atoms with Gasteiger partial charge in [0.15, 0.2) is 0 Å². The van der Waals surface area contributed by atoms with Crippen LogP contribution in [0.2, 0.25) is 0 Å². The molecule has 0 bridgehead atoms. The summed E-state index contributed by atoms with van der Waals surface area (Å²) < 4.78 is 0. The molecule has 2 rings (SSSR count). The maximum Gasteiger partial charge on any atom is 0.223 e. The van der Waals surface area contributed by atoms with Crippen LogP contribution in [0.1, 0.15) is 45.4 Å². The Kier molecular flexibility index (Phi) is 7.02. The largest absolute Gasteiger partial charge is 0.356 e. The van der Waals surface area contributed by atoms with Crippen LogP contribution in [0.4, 0.5) is 0 Å². The number of carbonyl (C=O) groups excluding carboxylic acids is 1. The molecule has 18 heavy (non-hydrogen) atoms. The van der Waals surface area contributed by atoms with E-state index in [1.54, 1.807) is 0 Å². The highest BCUT2D eigenvalue weighted by molar-refractivity contribution is 5.85. The van der Waals surface area contributed by atoms with Crippen LogP contribution < -0.4 is 10.6 Å². The molecule has 0 aromatic carbocycles. The van der Waals surface area contributed by atoms with Crippen LogP contribution in [0.3, 0.4) is 0 Å². The van der Waals surface area contributed by atoms with E-state index in [1.165, 1.54) is 25.7 Å². The molecule has 2 fully saturated rings. The van der Waals surface area contributed by atoms with Gasteiger partial charge < -0.3 is 10.6 Å². The van der Waals surface area contributed by atoms with E-state index in [9.17, 15) is 4.79 Å². The molecular formula is C14H27ClN2O. The van der Waals surface area contributed by atoms with Gasteiger partial charge >= 0.3 is 0 Å². The third-order valence-electron chi connectivity index (χ3n) is 4.41. The molecule has 106 valence electrons. The number of hydrogen-bond acceptors (Lipinski definition) is 2. The summed E-state index contributed by atoms with van der Waals surface area (Å²) in [6.07, 6.45) is 7.30. The first-order chi connectivity index (χ1) is 8.25. The Morgan fingerprint density at radius 1 is 1.11 bits per heavy atom. The van der Waals surface area contributed by atoms with Crippen molar-refractivity contribution in [1.82, 2.24) is 10.6 Å². The predicted octanol–water partition coefficient (Wildman–Crippen LogP) is 2.35. The van der Waals surface area contributed by atoms with Gasteiger partial charge in [-0.2, -0.15) is 0 Å². The molecule has 0 radical (unpaired) electrons. The van der Waals surface area contributed by atoms with Crippen molar-refractivity contribution < 1.29 is 4.79 Å². The molecule has 0 unspecified atom stereocenters. The Morgan fingerprint density at radius 3 is 2.33 bits per heavy atom. The maximum atomic E-state index is 12.0. The molecular weight excluding hydrogens is 248 g/mol. The van der Waals surface area contributed by atoms with Crippen LogP contribution in [-0.2, 0) is 4.79 Å². The van der Waals surface area contributed by atoms with Crippen LogP contribution in [0, 0.1) is 17.8 Å². The van der Waals surface area contributed by atoms with E-state index in [0.717, 1.165) is 44.3 Å². The Morgan fingerprint density at radius 2 is 1.72 bits per heavy atom. The molecule has 3 nitrogen and oxygen atoms in total. The van der Waals surface area contributed by atoms with E-state index in [0.29, 0.717) is 5.91 Å². The Labute approximate surface area is 117 Å². The van der Waals surface area contributed by atoms with Crippen molar-refractivity contribution in [2.45, 2.75) is 45.4 Å². The summed E-state index contributed by atoms with van der Waals surface area (Å²) in [5.74, 6) is 2.19. The second-order valence-electron chi connectivity index (χ2n) is 5.90. The van der Waals surface area contributed by atoms with Crippen molar-refractivity contribution in [2.24, 2.45) is 17.8 Å². The zero-order chi connectivity index (χ0) is 12.1. The lowest BCUT2D eigenvalue weighted by Crippen LogP contribution is -2.40. The first-order valence-electron chi connectivity index (χ1n) is 7.24. The van der Waals surface area contributed by atoms with Gasteiger partial charge in [0.2, 0.25) is 5.91 Å². The molecule has 1 amide bonds. The van der Waals surface area contributed by atoms with Crippen LogP contribution in [0.15, 0.2) is 0 Å². The van der Waals surface area contributed by atoms with Crippen molar-refractivity contribution >= 4 is 18.3 Å². The standard InChI is InChI=1S/C14H26N2O.ClH/c1-11-2-4-12(5-3-11)10-16-14(17)13-6-8-15-9-7-13;/h11-13,15H,2-10H2,1H3,(H,16,17);1H. The van der Waals surface area contributed by atoms with Gasteiger partial charge in [-0.25, -0.2) is 0 Å². The van der Waals surface area contributed by atoms with Crippen LogP contribution >= 0.6 is 12.4 Å². The van der Waals surface area contributed by atoms with Crippen molar-refractivity contribution in [3.05, 3.63) is 0 Å². The predicted molar refractivity (Wildman–Crippen MR) is 77.0 cm³/mol. The number of amides is 1. The van der Waals surface area contributed by atoms with Gasteiger partial charge in [0, 0.05) is 12.5 Å². The summed E-state index contributed by atoms with van der Waals surface area (Å²) in [5.41, 5.74) is 0. The fourth-order valence-corrected chi connectivity index (χ4v) is 3.01. The lowest BCUT2D eigenvalue weighted by molar-refractivity contribution is -0.126. The zero-order valence-corrected chi connectivity index (χ0v) is 12.2. The number of rotatable bonds is 3. The average molecular weight is 275 g/mol. The zero-order valence-electron chi connectivity index (χ0n) is 11.4. The number of halogens is 1. The summed E-state index contributed by atoms with van der Waals surface area (Å²) in [7, 11) is 0. The monoisotopic (exact) mass is 274 g/mol. The van der Waals surface area contributed by atoms with Crippen molar-refractivity contribution in [1.29, 1.82) is 0 Å².